The first-order valence-corrected chi connectivity index (χ1v) is 7.47. The van der Waals surface area contributed by atoms with Crippen molar-refractivity contribution in [2.24, 2.45) is 0 Å². The molecule has 0 bridgehead atoms. The third-order valence-corrected chi connectivity index (χ3v) is 4.98. The van der Waals surface area contributed by atoms with Crippen LogP contribution in [0.15, 0.2) is 34.8 Å². The molecule has 0 aliphatic heterocycles. The maximum Gasteiger partial charge on any atom is 0.128 e. The summed E-state index contributed by atoms with van der Waals surface area (Å²) in [5.74, 6) is -0.798. The minimum atomic E-state index is -0.403. The van der Waals surface area contributed by atoms with E-state index in [0.717, 1.165) is 15.6 Å². The molecule has 0 heterocycles. The van der Waals surface area contributed by atoms with Crippen LogP contribution in [-0.4, -0.2) is 0 Å². The fraction of sp³-hybridized carbons (Fsp3) is 0.200. The van der Waals surface area contributed by atoms with E-state index in [0.29, 0.717) is 11.1 Å². The Bertz CT molecular complexity index is 624. The summed E-state index contributed by atoms with van der Waals surface area (Å²) in [6.45, 7) is 3.49. The molecule has 2 aromatic carbocycles. The molecule has 0 saturated heterocycles. The van der Waals surface area contributed by atoms with Gasteiger partial charge in [-0.15, -0.1) is 0 Å². The summed E-state index contributed by atoms with van der Waals surface area (Å²) < 4.78 is 28.6. The second-order valence-corrected chi connectivity index (χ2v) is 6.21. The first-order chi connectivity index (χ1) is 8.91. The molecule has 0 aliphatic rings. The number of aryl methyl sites for hydroxylation is 1. The molecular formula is C15H12Br2F2. The lowest BCUT2D eigenvalue weighted by atomic mass is 9.99. The van der Waals surface area contributed by atoms with Gasteiger partial charge >= 0.3 is 0 Å². The Morgan fingerprint density at radius 2 is 1.68 bits per heavy atom. The van der Waals surface area contributed by atoms with Gasteiger partial charge in [-0.3, -0.25) is 0 Å². The van der Waals surface area contributed by atoms with Gasteiger partial charge in [0, 0.05) is 10.0 Å². The normalized spacial score (nSPS) is 12.5. The predicted molar refractivity (Wildman–Crippen MR) is 80.7 cm³/mol. The topological polar surface area (TPSA) is 0 Å². The van der Waals surface area contributed by atoms with E-state index in [-0.39, 0.29) is 4.83 Å². The number of halogens is 4. The fourth-order valence-electron chi connectivity index (χ4n) is 1.92. The van der Waals surface area contributed by atoms with Crippen LogP contribution in [0.5, 0.6) is 0 Å². The van der Waals surface area contributed by atoms with Gasteiger partial charge in [-0.05, 0) is 48.7 Å². The molecule has 1 atom stereocenters. The highest BCUT2D eigenvalue weighted by Gasteiger charge is 2.19. The van der Waals surface area contributed by atoms with E-state index in [1.807, 2.05) is 25.1 Å². The van der Waals surface area contributed by atoms with Gasteiger partial charge in [0.1, 0.15) is 11.6 Å². The Labute approximate surface area is 128 Å². The quantitative estimate of drug-likeness (QED) is 0.567. The number of benzene rings is 2. The van der Waals surface area contributed by atoms with Gasteiger partial charge in [0.2, 0.25) is 0 Å². The third kappa shape index (κ3) is 2.90. The minimum absolute atomic E-state index is 0.310. The molecule has 0 aliphatic carbocycles. The van der Waals surface area contributed by atoms with E-state index in [4.69, 9.17) is 0 Å². The zero-order chi connectivity index (χ0) is 14.2. The highest BCUT2D eigenvalue weighted by atomic mass is 79.9. The van der Waals surface area contributed by atoms with Crippen LogP contribution in [0, 0.1) is 25.5 Å². The van der Waals surface area contributed by atoms with E-state index in [1.54, 1.807) is 6.92 Å². The van der Waals surface area contributed by atoms with Crippen LogP contribution in [0.25, 0.3) is 0 Å². The van der Waals surface area contributed by atoms with Crippen molar-refractivity contribution in [2.45, 2.75) is 18.7 Å². The molecular weight excluding hydrogens is 378 g/mol. The molecule has 0 N–H and O–H groups in total. The lowest BCUT2D eigenvalue weighted by Crippen LogP contribution is -2.01. The van der Waals surface area contributed by atoms with E-state index in [9.17, 15) is 8.78 Å². The summed E-state index contributed by atoms with van der Waals surface area (Å²) in [6, 6.07) is 8.18. The lowest BCUT2D eigenvalue weighted by Gasteiger charge is -2.16. The van der Waals surface area contributed by atoms with Gasteiger partial charge in [-0.25, -0.2) is 8.78 Å². The zero-order valence-corrected chi connectivity index (χ0v) is 13.6. The standard InChI is InChI=1S/C15H12Br2F2/c1-8-6-14(19)11(7-13(8)18)15(17)10-4-3-5-12(16)9(10)2/h3-7,15H,1-2H3. The molecule has 2 rings (SSSR count). The monoisotopic (exact) mass is 388 g/mol. The van der Waals surface area contributed by atoms with Crippen molar-refractivity contribution < 1.29 is 8.78 Å². The Morgan fingerprint density at radius 3 is 2.37 bits per heavy atom. The summed E-state index contributed by atoms with van der Waals surface area (Å²) in [5, 5.41) is 0. The Morgan fingerprint density at radius 1 is 1.00 bits per heavy atom. The van der Waals surface area contributed by atoms with Crippen molar-refractivity contribution in [3.8, 4) is 0 Å². The van der Waals surface area contributed by atoms with E-state index >= 15 is 0 Å². The smallest absolute Gasteiger partial charge is 0.128 e. The maximum atomic E-state index is 14.0. The Kier molecular flexibility index (Phi) is 4.41. The summed E-state index contributed by atoms with van der Waals surface area (Å²) in [7, 11) is 0. The van der Waals surface area contributed by atoms with Crippen LogP contribution in [0.3, 0.4) is 0 Å². The second-order valence-electron chi connectivity index (χ2n) is 4.44. The first-order valence-electron chi connectivity index (χ1n) is 5.76. The Balaban J connectivity index is 2.53. The van der Waals surface area contributed by atoms with Crippen LogP contribution < -0.4 is 0 Å². The van der Waals surface area contributed by atoms with Gasteiger partial charge in [-0.1, -0.05) is 44.0 Å². The molecule has 0 fully saturated rings. The number of rotatable bonds is 2. The van der Waals surface area contributed by atoms with E-state index < -0.39 is 11.6 Å². The second kappa shape index (κ2) is 5.71. The molecule has 0 saturated carbocycles. The molecule has 0 nitrogen and oxygen atoms in total. The highest BCUT2D eigenvalue weighted by molar-refractivity contribution is 9.10. The summed E-state index contributed by atoms with van der Waals surface area (Å²) in [6.07, 6.45) is 0. The van der Waals surface area contributed by atoms with Gasteiger partial charge in [0.05, 0.1) is 4.83 Å². The average molecular weight is 390 g/mol. The largest absolute Gasteiger partial charge is 0.207 e. The third-order valence-electron chi connectivity index (χ3n) is 3.13. The van der Waals surface area contributed by atoms with Crippen molar-refractivity contribution in [1.82, 2.24) is 0 Å². The molecule has 0 amide bonds. The molecule has 100 valence electrons. The van der Waals surface area contributed by atoms with Gasteiger partial charge in [0.25, 0.3) is 0 Å². The summed E-state index contributed by atoms with van der Waals surface area (Å²) in [5.41, 5.74) is 2.54. The molecule has 0 radical (unpaired) electrons. The minimum Gasteiger partial charge on any atom is -0.207 e. The van der Waals surface area contributed by atoms with E-state index in [1.165, 1.54) is 12.1 Å². The molecule has 1 unspecified atom stereocenters. The van der Waals surface area contributed by atoms with Crippen LogP contribution in [0.2, 0.25) is 0 Å². The van der Waals surface area contributed by atoms with Crippen LogP contribution in [0.4, 0.5) is 8.78 Å². The number of hydrogen-bond acceptors (Lipinski definition) is 0. The Hall–Kier alpha value is -0.740. The maximum absolute atomic E-state index is 14.0. The first kappa shape index (κ1) is 14.7. The van der Waals surface area contributed by atoms with Crippen molar-refractivity contribution in [3.63, 3.8) is 0 Å². The van der Waals surface area contributed by atoms with Gasteiger partial charge in [0.15, 0.2) is 0 Å². The lowest BCUT2D eigenvalue weighted by molar-refractivity contribution is 0.581. The predicted octanol–water partition coefficient (Wildman–Crippen LogP) is 5.83. The van der Waals surface area contributed by atoms with E-state index in [2.05, 4.69) is 31.9 Å². The fourth-order valence-corrected chi connectivity index (χ4v) is 3.15. The average Bonchev–Trinajstić information content (AvgIpc) is 2.36. The van der Waals surface area contributed by atoms with Gasteiger partial charge in [-0.2, -0.15) is 0 Å². The number of hydrogen-bond donors (Lipinski definition) is 0. The highest BCUT2D eigenvalue weighted by Crippen LogP contribution is 2.37. The van der Waals surface area contributed by atoms with Crippen molar-refractivity contribution in [1.29, 1.82) is 0 Å². The summed E-state index contributed by atoms with van der Waals surface area (Å²) in [4.78, 5) is -0.375. The molecule has 2 aromatic rings. The van der Waals surface area contributed by atoms with Crippen molar-refractivity contribution in [3.05, 3.63) is 68.7 Å². The van der Waals surface area contributed by atoms with Crippen molar-refractivity contribution >= 4 is 31.9 Å². The van der Waals surface area contributed by atoms with Crippen LogP contribution in [0.1, 0.15) is 27.1 Å². The SMILES string of the molecule is Cc1cc(F)c(C(Br)c2cccc(Br)c2C)cc1F. The molecule has 0 aromatic heterocycles. The van der Waals surface area contributed by atoms with Crippen molar-refractivity contribution in [2.75, 3.05) is 0 Å². The molecule has 4 heteroatoms. The van der Waals surface area contributed by atoms with Crippen LogP contribution in [-0.2, 0) is 0 Å². The zero-order valence-electron chi connectivity index (χ0n) is 10.5. The summed E-state index contributed by atoms with van der Waals surface area (Å²) >= 11 is 6.90. The molecule has 0 spiro atoms. The van der Waals surface area contributed by atoms with Crippen LogP contribution >= 0.6 is 31.9 Å². The molecule has 19 heavy (non-hydrogen) atoms. The van der Waals surface area contributed by atoms with Gasteiger partial charge < -0.3 is 0 Å². The number of alkyl halides is 1.